The minimum absolute atomic E-state index is 0.182. The van der Waals surface area contributed by atoms with E-state index in [4.69, 9.17) is 11.1 Å². The predicted molar refractivity (Wildman–Crippen MR) is 103 cm³/mol. The average Bonchev–Trinajstić information content (AvgIpc) is 3.26. The van der Waals surface area contributed by atoms with E-state index in [-0.39, 0.29) is 5.91 Å². The molecule has 1 saturated carbocycles. The van der Waals surface area contributed by atoms with Crippen LogP contribution in [0.5, 0.6) is 0 Å². The molecule has 3 fully saturated rings. The molecule has 3 N–H and O–H groups in total. The lowest BCUT2D eigenvalue weighted by Gasteiger charge is -2.47. The summed E-state index contributed by atoms with van der Waals surface area (Å²) in [4.78, 5) is 17.8. The molecule has 0 aromatic heterocycles. The molecule has 0 bridgehead atoms. The zero-order chi connectivity index (χ0) is 18.1. The number of rotatable bonds is 3. The van der Waals surface area contributed by atoms with Gasteiger partial charge in [-0.25, -0.2) is 0 Å². The number of hydrogen-bond donors (Lipinski definition) is 2. The van der Waals surface area contributed by atoms with Crippen LogP contribution in [-0.2, 0) is 11.3 Å². The zero-order valence-corrected chi connectivity index (χ0v) is 15.3. The molecule has 1 aromatic rings. The Morgan fingerprint density at radius 2 is 1.92 bits per heavy atom. The molecule has 1 unspecified atom stereocenters. The first kappa shape index (κ1) is 17.1. The quantitative estimate of drug-likeness (QED) is 0.878. The fraction of sp³-hybridized carbons (Fsp3) is 0.524. The predicted octanol–water partition coefficient (Wildman–Crippen LogP) is 3.02. The largest absolute Gasteiger partial charge is 0.404 e. The average molecular weight is 352 g/mol. The van der Waals surface area contributed by atoms with Gasteiger partial charge in [0.2, 0.25) is 5.91 Å². The lowest BCUT2D eigenvalue weighted by molar-refractivity contribution is -0.147. The SMILES string of the molecule is N=C1/C(=C\N)CC2(CCCN(Cc3ccccc3)C2=O)N1C1CCCC1. The maximum absolute atomic E-state index is 13.6. The molecule has 3 aliphatic rings. The van der Waals surface area contributed by atoms with Crippen LogP contribution in [0.3, 0.4) is 0 Å². The fourth-order valence-electron chi connectivity index (χ4n) is 5.09. The Kier molecular flexibility index (Phi) is 4.47. The van der Waals surface area contributed by atoms with Crippen LogP contribution in [0.15, 0.2) is 42.1 Å². The van der Waals surface area contributed by atoms with Crippen LogP contribution in [0.2, 0.25) is 0 Å². The number of benzene rings is 1. The minimum Gasteiger partial charge on any atom is -0.404 e. The molecule has 26 heavy (non-hydrogen) atoms. The molecule has 4 rings (SSSR count). The van der Waals surface area contributed by atoms with Gasteiger partial charge in [0.05, 0.1) is 0 Å². The summed E-state index contributed by atoms with van der Waals surface area (Å²) in [5, 5.41) is 8.67. The van der Waals surface area contributed by atoms with Crippen LogP contribution in [0.25, 0.3) is 0 Å². The van der Waals surface area contributed by atoms with E-state index in [1.165, 1.54) is 12.8 Å². The van der Waals surface area contributed by atoms with Crippen LogP contribution in [0.1, 0.15) is 50.5 Å². The van der Waals surface area contributed by atoms with Crippen molar-refractivity contribution in [1.82, 2.24) is 9.80 Å². The Bertz CT molecular complexity index is 723. The first-order chi connectivity index (χ1) is 12.7. The van der Waals surface area contributed by atoms with Crippen molar-refractivity contribution in [2.45, 2.75) is 63.1 Å². The third-order valence-corrected chi connectivity index (χ3v) is 6.30. The van der Waals surface area contributed by atoms with Crippen molar-refractivity contribution < 1.29 is 4.79 Å². The summed E-state index contributed by atoms with van der Waals surface area (Å²) < 4.78 is 0. The van der Waals surface area contributed by atoms with Gasteiger partial charge in [0.25, 0.3) is 0 Å². The van der Waals surface area contributed by atoms with Crippen molar-refractivity contribution >= 4 is 11.7 Å². The molecule has 5 nitrogen and oxygen atoms in total. The second-order valence-corrected chi connectivity index (χ2v) is 7.87. The third kappa shape index (κ3) is 2.70. The molecule has 2 aliphatic heterocycles. The summed E-state index contributed by atoms with van der Waals surface area (Å²) in [7, 11) is 0. The maximum atomic E-state index is 13.6. The lowest BCUT2D eigenvalue weighted by Crippen LogP contribution is -2.62. The fourth-order valence-corrected chi connectivity index (χ4v) is 5.09. The molecule has 0 radical (unpaired) electrons. The van der Waals surface area contributed by atoms with Gasteiger partial charge in [0, 0.05) is 37.3 Å². The van der Waals surface area contributed by atoms with Crippen LogP contribution in [0.4, 0.5) is 0 Å². The minimum atomic E-state index is -0.593. The molecular formula is C21H28N4O. The molecule has 138 valence electrons. The van der Waals surface area contributed by atoms with Crippen molar-refractivity contribution in [3.8, 4) is 0 Å². The van der Waals surface area contributed by atoms with E-state index in [1.54, 1.807) is 6.20 Å². The normalized spacial score (nSPS) is 28.7. The summed E-state index contributed by atoms with van der Waals surface area (Å²) in [5.74, 6) is 0.662. The highest BCUT2D eigenvalue weighted by atomic mass is 16.2. The Hall–Kier alpha value is -2.30. The highest BCUT2D eigenvalue weighted by Crippen LogP contribution is 2.45. The molecule has 2 saturated heterocycles. The second kappa shape index (κ2) is 6.78. The third-order valence-electron chi connectivity index (χ3n) is 6.30. The van der Waals surface area contributed by atoms with Gasteiger partial charge in [0.15, 0.2) is 0 Å². The van der Waals surface area contributed by atoms with E-state index >= 15 is 0 Å². The monoisotopic (exact) mass is 352 g/mol. The van der Waals surface area contributed by atoms with Gasteiger partial charge in [-0.3, -0.25) is 10.2 Å². The Labute approximate surface area is 155 Å². The van der Waals surface area contributed by atoms with Gasteiger partial charge >= 0.3 is 0 Å². The number of nitrogens with zero attached hydrogens (tertiary/aromatic N) is 2. The van der Waals surface area contributed by atoms with Gasteiger partial charge in [-0.1, -0.05) is 43.2 Å². The van der Waals surface area contributed by atoms with Crippen molar-refractivity contribution in [3.05, 3.63) is 47.7 Å². The Morgan fingerprint density at radius 3 is 2.62 bits per heavy atom. The number of likely N-dealkylation sites (tertiary alicyclic amines) is 2. The number of amidine groups is 1. The van der Waals surface area contributed by atoms with Gasteiger partial charge < -0.3 is 15.5 Å². The Morgan fingerprint density at radius 1 is 1.19 bits per heavy atom. The number of amides is 1. The van der Waals surface area contributed by atoms with E-state index in [1.807, 2.05) is 23.1 Å². The molecule has 1 aromatic carbocycles. The van der Waals surface area contributed by atoms with E-state index in [9.17, 15) is 4.79 Å². The van der Waals surface area contributed by atoms with Crippen LogP contribution < -0.4 is 5.73 Å². The first-order valence-corrected chi connectivity index (χ1v) is 9.78. The van der Waals surface area contributed by atoms with Crippen molar-refractivity contribution in [3.63, 3.8) is 0 Å². The standard InChI is InChI=1S/C21H28N4O/c22-14-17-13-21(25(19(17)23)18-9-4-5-10-18)11-6-12-24(20(21)26)15-16-7-2-1-3-8-16/h1-3,7-8,14,18,23H,4-6,9-13,15,22H2/b17-14-,23-19?. The number of nitrogens with one attached hydrogen (secondary N) is 1. The molecule has 1 atom stereocenters. The van der Waals surface area contributed by atoms with Crippen LogP contribution in [-0.4, -0.2) is 39.7 Å². The summed E-state index contributed by atoms with van der Waals surface area (Å²) in [6.07, 6.45) is 8.47. The molecule has 1 amide bonds. The summed E-state index contributed by atoms with van der Waals surface area (Å²) >= 11 is 0. The highest BCUT2D eigenvalue weighted by molar-refractivity contribution is 6.05. The summed E-state index contributed by atoms with van der Waals surface area (Å²) in [6, 6.07) is 10.5. The van der Waals surface area contributed by atoms with E-state index in [0.717, 1.165) is 43.4 Å². The van der Waals surface area contributed by atoms with E-state index < -0.39 is 5.54 Å². The number of nitrogens with two attached hydrogens (primary N) is 1. The van der Waals surface area contributed by atoms with Crippen molar-refractivity contribution in [2.75, 3.05) is 6.54 Å². The van der Waals surface area contributed by atoms with Gasteiger partial charge in [0.1, 0.15) is 11.4 Å². The van der Waals surface area contributed by atoms with E-state index in [0.29, 0.717) is 24.8 Å². The number of piperidine rings is 1. The molecule has 1 spiro atoms. The number of carbonyl (C=O) groups is 1. The molecular weight excluding hydrogens is 324 g/mol. The molecule has 1 aliphatic carbocycles. The smallest absolute Gasteiger partial charge is 0.249 e. The zero-order valence-electron chi connectivity index (χ0n) is 15.3. The van der Waals surface area contributed by atoms with Crippen molar-refractivity contribution in [1.29, 1.82) is 5.41 Å². The highest BCUT2D eigenvalue weighted by Gasteiger charge is 2.56. The van der Waals surface area contributed by atoms with E-state index in [2.05, 4.69) is 17.0 Å². The van der Waals surface area contributed by atoms with Crippen LogP contribution >= 0.6 is 0 Å². The van der Waals surface area contributed by atoms with Gasteiger partial charge in [-0.15, -0.1) is 0 Å². The molecule has 2 heterocycles. The number of hydrogen-bond acceptors (Lipinski definition) is 3. The number of carbonyl (C=O) groups excluding carboxylic acids is 1. The topological polar surface area (TPSA) is 73.4 Å². The van der Waals surface area contributed by atoms with Crippen LogP contribution in [0, 0.1) is 5.41 Å². The second-order valence-electron chi connectivity index (χ2n) is 7.87. The van der Waals surface area contributed by atoms with Gasteiger partial charge in [-0.2, -0.15) is 0 Å². The van der Waals surface area contributed by atoms with Crippen molar-refractivity contribution in [2.24, 2.45) is 5.73 Å². The van der Waals surface area contributed by atoms with Gasteiger partial charge in [-0.05, 0) is 31.2 Å². The summed E-state index contributed by atoms with van der Waals surface area (Å²) in [5.41, 5.74) is 7.22. The lowest BCUT2D eigenvalue weighted by atomic mass is 9.83. The maximum Gasteiger partial charge on any atom is 0.249 e. The molecule has 5 heteroatoms. The summed E-state index contributed by atoms with van der Waals surface area (Å²) in [6.45, 7) is 1.44. The Balaban J connectivity index is 1.65. The first-order valence-electron chi connectivity index (χ1n) is 9.78.